The Hall–Kier alpha value is -2.33. The molecule has 0 bridgehead atoms. The molecule has 0 fully saturated rings. The second-order valence-electron chi connectivity index (χ2n) is 6.64. The molecule has 132 valence electrons. The van der Waals surface area contributed by atoms with E-state index in [2.05, 4.69) is 29.4 Å². The molecule has 0 spiro atoms. The van der Waals surface area contributed by atoms with Crippen LogP contribution in [0.25, 0.3) is 0 Å². The van der Waals surface area contributed by atoms with Gasteiger partial charge in [0.15, 0.2) is 0 Å². The van der Waals surface area contributed by atoms with E-state index in [9.17, 15) is 4.79 Å². The van der Waals surface area contributed by atoms with Gasteiger partial charge in [-0.1, -0.05) is 36.4 Å². The lowest BCUT2D eigenvalue weighted by Gasteiger charge is -2.20. The molecule has 1 aliphatic heterocycles. The Morgan fingerprint density at radius 1 is 1.12 bits per heavy atom. The van der Waals surface area contributed by atoms with Crippen LogP contribution in [0, 0.1) is 0 Å². The van der Waals surface area contributed by atoms with Gasteiger partial charge in [-0.25, -0.2) is 0 Å². The fourth-order valence-corrected chi connectivity index (χ4v) is 3.19. The van der Waals surface area contributed by atoms with E-state index < -0.39 is 0 Å². The standard InChI is InChI=1S/C21H26N2O2/c1-23(16-19-15-18-11-5-6-12-20(18)25-19)14-8-7-13-22-21(24)17-9-3-2-4-10-17/h2-6,9-12,19H,7-8,13-16H2,1H3,(H,22,24). The Morgan fingerprint density at radius 2 is 1.88 bits per heavy atom. The van der Waals surface area contributed by atoms with Crippen LogP contribution in [0.15, 0.2) is 54.6 Å². The molecule has 3 rings (SSSR count). The van der Waals surface area contributed by atoms with Crippen molar-refractivity contribution in [3.8, 4) is 5.75 Å². The summed E-state index contributed by atoms with van der Waals surface area (Å²) in [6.45, 7) is 2.66. The SMILES string of the molecule is CN(CCCCNC(=O)c1ccccc1)CC1Cc2ccccc2O1. The number of para-hydroxylation sites is 1. The number of likely N-dealkylation sites (N-methyl/N-ethyl adjacent to an activating group) is 1. The minimum atomic E-state index is 0.00562. The van der Waals surface area contributed by atoms with Gasteiger partial charge >= 0.3 is 0 Å². The highest BCUT2D eigenvalue weighted by atomic mass is 16.5. The maximum atomic E-state index is 11.9. The van der Waals surface area contributed by atoms with Gasteiger partial charge in [-0.15, -0.1) is 0 Å². The van der Waals surface area contributed by atoms with Gasteiger partial charge in [0, 0.05) is 25.1 Å². The smallest absolute Gasteiger partial charge is 0.251 e. The van der Waals surface area contributed by atoms with Crippen molar-refractivity contribution in [2.24, 2.45) is 0 Å². The maximum absolute atomic E-state index is 11.9. The Balaban J connectivity index is 1.29. The molecule has 4 nitrogen and oxygen atoms in total. The average molecular weight is 338 g/mol. The Morgan fingerprint density at radius 3 is 2.68 bits per heavy atom. The van der Waals surface area contributed by atoms with Crippen molar-refractivity contribution in [3.05, 3.63) is 65.7 Å². The van der Waals surface area contributed by atoms with E-state index in [1.807, 2.05) is 42.5 Å². The predicted octanol–water partition coefficient (Wildman–Crippen LogP) is 3.13. The molecule has 1 N–H and O–H groups in total. The van der Waals surface area contributed by atoms with Gasteiger partial charge in [0.2, 0.25) is 0 Å². The lowest BCUT2D eigenvalue weighted by Crippen LogP contribution is -2.33. The van der Waals surface area contributed by atoms with Crippen LogP contribution in [0.2, 0.25) is 0 Å². The number of hydrogen-bond donors (Lipinski definition) is 1. The van der Waals surface area contributed by atoms with Crippen LogP contribution in [0.5, 0.6) is 5.75 Å². The summed E-state index contributed by atoms with van der Waals surface area (Å²) >= 11 is 0. The summed E-state index contributed by atoms with van der Waals surface area (Å²) in [6, 6.07) is 17.6. The number of hydrogen-bond acceptors (Lipinski definition) is 3. The third-order valence-electron chi connectivity index (χ3n) is 4.52. The highest BCUT2D eigenvalue weighted by molar-refractivity contribution is 5.94. The zero-order valence-corrected chi connectivity index (χ0v) is 14.8. The molecule has 0 aromatic heterocycles. The van der Waals surface area contributed by atoms with Crippen LogP contribution in [0.4, 0.5) is 0 Å². The Bertz CT molecular complexity index is 662. The Labute approximate surface area is 149 Å². The van der Waals surface area contributed by atoms with E-state index in [1.165, 1.54) is 5.56 Å². The van der Waals surface area contributed by atoms with E-state index in [4.69, 9.17) is 4.74 Å². The van der Waals surface area contributed by atoms with Crippen molar-refractivity contribution in [2.75, 3.05) is 26.7 Å². The van der Waals surface area contributed by atoms with Gasteiger partial charge < -0.3 is 15.0 Å². The summed E-state index contributed by atoms with van der Waals surface area (Å²) in [7, 11) is 2.13. The number of nitrogens with zero attached hydrogens (tertiary/aromatic N) is 1. The molecule has 1 atom stereocenters. The molecule has 2 aromatic carbocycles. The molecule has 25 heavy (non-hydrogen) atoms. The van der Waals surface area contributed by atoms with Crippen molar-refractivity contribution in [1.29, 1.82) is 0 Å². The molecule has 4 heteroatoms. The second kappa shape index (κ2) is 8.67. The summed E-state index contributed by atoms with van der Waals surface area (Å²) in [5.41, 5.74) is 2.03. The first-order chi connectivity index (χ1) is 12.2. The summed E-state index contributed by atoms with van der Waals surface area (Å²) in [4.78, 5) is 14.3. The van der Waals surface area contributed by atoms with Crippen LogP contribution < -0.4 is 10.1 Å². The fraction of sp³-hybridized carbons (Fsp3) is 0.381. The van der Waals surface area contributed by atoms with E-state index >= 15 is 0 Å². The molecule has 1 aliphatic rings. The molecule has 2 aromatic rings. The number of amides is 1. The van der Waals surface area contributed by atoms with Gasteiger partial charge in [-0.3, -0.25) is 4.79 Å². The second-order valence-corrected chi connectivity index (χ2v) is 6.64. The number of fused-ring (bicyclic) bond motifs is 1. The zero-order chi connectivity index (χ0) is 17.5. The van der Waals surface area contributed by atoms with E-state index in [1.54, 1.807) is 0 Å². The van der Waals surface area contributed by atoms with E-state index in [0.717, 1.165) is 43.7 Å². The molecule has 0 radical (unpaired) electrons. The normalized spacial score (nSPS) is 15.7. The van der Waals surface area contributed by atoms with Crippen LogP contribution in [0.1, 0.15) is 28.8 Å². The molecular weight excluding hydrogens is 312 g/mol. The minimum absolute atomic E-state index is 0.00562. The summed E-state index contributed by atoms with van der Waals surface area (Å²) < 4.78 is 5.99. The van der Waals surface area contributed by atoms with Crippen LogP contribution in [-0.4, -0.2) is 43.6 Å². The quantitative estimate of drug-likeness (QED) is 0.752. The van der Waals surface area contributed by atoms with Crippen LogP contribution in [0.3, 0.4) is 0 Å². The number of carbonyl (C=O) groups is 1. The number of carbonyl (C=O) groups excluding carboxylic acids is 1. The monoisotopic (exact) mass is 338 g/mol. The number of rotatable bonds is 8. The maximum Gasteiger partial charge on any atom is 0.251 e. The van der Waals surface area contributed by atoms with Crippen molar-refractivity contribution in [1.82, 2.24) is 10.2 Å². The first-order valence-electron chi connectivity index (χ1n) is 8.99. The molecule has 1 unspecified atom stereocenters. The minimum Gasteiger partial charge on any atom is -0.488 e. The first-order valence-corrected chi connectivity index (χ1v) is 8.99. The molecule has 1 amide bonds. The predicted molar refractivity (Wildman–Crippen MR) is 100 cm³/mol. The van der Waals surface area contributed by atoms with Gasteiger partial charge in [0.1, 0.15) is 11.9 Å². The van der Waals surface area contributed by atoms with Gasteiger partial charge in [-0.05, 0) is 50.2 Å². The van der Waals surface area contributed by atoms with Gasteiger partial charge in [0.05, 0.1) is 0 Å². The third-order valence-corrected chi connectivity index (χ3v) is 4.52. The first kappa shape index (κ1) is 17.5. The van der Waals surface area contributed by atoms with Crippen molar-refractivity contribution >= 4 is 5.91 Å². The van der Waals surface area contributed by atoms with E-state index in [-0.39, 0.29) is 12.0 Å². The third kappa shape index (κ3) is 5.07. The van der Waals surface area contributed by atoms with Crippen molar-refractivity contribution in [3.63, 3.8) is 0 Å². The number of benzene rings is 2. The van der Waals surface area contributed by atoms with Crippen molar-refractivity contribution in [2.45, 2.75) is 25.4 Å². The lowest BCUT2D eigenvalue weighted by molar-refractivity contribution is 0.0952. The topological polar surface area (TPSA) is 41.6 Å². The molecule has 0 saturated heterocycles. The number of nitrogens with one attached hydrogen (secondary N) is 1. The highest BCUT2D eigenvalue weighted by Crippen LogP contribution is 2.28. The molecule has 0 aliphatic carbocycles. The van der Waals surface area contributed by atoms with Gasteiger partial charge in [-0.2, -0.15) is 0 Å². The molecular formula is C21H26N2O2. The average Bonchev–Trinajstić information content (AvgIpc) is 3.04. The van der Waals surface area contributed by atoms with Crippen LogP contribution in [-0.2, 0) is 6.42 Å². The van der Waals surface area contributed by atoms with Crippen LogP contribution >= 0.6 is 0 Å². The molecule has 1 heterocycles. The van der Waals surface area contributed by atoms with Gasteiger partial charge in [0.25, 0.3) is 5.91 Å². The largest absolute Gasteiger partial charge is 0.488 e. The van der Waals surface area contributed by atoms with E-state index in [0.29, 0.717) is 6.54 Å². The zero-order valence-electron chi connectivity index (χ0n) is 14.8. The molecule has 0 saturated carbocycles. The number of unbranched alkanes of at least 4 members (excludes halogenated alkanes) is 1. The highest BCUT2D eigenvalue weighted by Gasteiger charge is 2.23. The summed E-state index contributed by atoms with van der Waals surface area (Å²) in [5.74, 6) is 1.04. The number of ether oxygens (including phenoxy) is 1. The summed E-state index contributed by atoms with van der Waals surface area (Å²) in [5, 5.41) is 2.98. The van der Waals surface area contributed by atoms with Crippen molar-refractivity contribution < 1.29 is 9.53 Å². The Kier molecular flexibility index (Phi) is 6.07. The summed E-state index contributed by atoms with van der Waals surface area (Å²) in [6.07, 6.45) is 3.29. The lowest BCUT2D eigenvalue weighted by atomic mass is 10.1. The fourth-order valence-electron chi connectivity index (χ4n) is 3.19.